The largest absolute Gasteiger partial charge is 0.506 e. The molecule has 0 aliphatic heterocycles. The molecular weight excluding hydrogens is 422 g/mol. The molecule has 1 atom stereocenters. The minimum Gasteiger partial charge on any atom is -0.506 e. The third-order valence-corrected chi connectivity index (χ3v) is 5.36. The van der Waals surface area contributed by atoms with E-state index in [0.717, 1.165) is 18.3 Å². The predicted octanol–water partition coefficient (Wildman–Crippen LogP) is 3.73. The van der Waals surface area contributed by atoms with Crippen molar-refractivity contribution in [2.24, 2.45) is 5.84 Å². The van der Waals surface area contributed by atoms with Crippen LogP contribution in [0.2, 0.25) is 0 Å². The smallest absolute Gasteiger partial charge is 0.261 e. The van der Waals surface area contributed by atoms with E-state index in [2.05, 4.69) is 26.7 Å². The van der Waals surface area contributed by atoms with Crippen molar-refractivity contribution in [3.63, 3.8) is 0 Å². The van der Waals surface area contributed by atoms with Crippen molar-refractivity contribution in [3.05, 3.63) is 65.7 Å². The van der Waals surface area contributed by atoms with E-state index >= 15 is 0 Å². The van der Waals surface area contributed by atoms with Crippen molar-refractivity contribution >= 4 is 39.9 Å². The Morgan fingerprint density at radius 1 is 1.11 bits per heavy atom. The summed E-state index contributed by atoms with van der Waals surface area (Å²) in [4.78, 5) is 23.6. The fraction of sp³-hybridized carbons (Fsp3) is 0.238. The van der Waals surface area contributed by atoms with Crippen LogP contribution in [0.4, 0.5) is 5.69 Å². The Balaban J connectivity index is 2.32. The fourth-order valence-corrected chi connectivity index (χ4v) is 3.14. The number of nitrogens with two attached hydrogens (primary N) is 1. The summed E-state index contributed by atoms with van der Waals surface area (Å²) in [6.45, 7) is 0. The second kappa shape index (κ2) is 10.8. The highest BCUT2D eigenvalue weighted by Gasteiger charge is 2.38. The Kier molecular flexibility index (Phi) is 8.38. The number of phenolic OH excluding ortho intramolecular Hbond substituents is 1. The number of nitrogens with one attached hydrogen (secondary N) is 2. The number of hydrogen-bond donors (Lipinski definition) is 4. The number of para-hydroxylation sites is 2. The molecule has 1 unspecified atom stereocenters. The number of benzene rings is 2. The number of carbonyl (C=O) groups is 2. The standard InChI is InChI=1S/C21H24BrN3O3/c22-21(25-23,20(28)24-18-12-6-7-13-19(18)27)17(11-5-2-8-14-26)15-16-9-3-1-4-10-16/h1,3-4,6-7,9-10,12-15,25,27H,2,5,8,11,23H2,(H,24,28). The van der Waals surface area contributed by atoms with E-state index in [1.165, 1.54) is 6.07 Å². The number of anilines is 1. The van der Waals surface area contributed by atoms with E-state index in [0.29, 0.717) is 24.8 Å². The normalized spacial score (nSPS) is 13.6. The maximum atomic E-state index is 13.0. The molecule has 0 radical (unpaired) electrons. The number of aldehydes is 1. The number of unbranched alkanes of at least 4 members (excludes halogenated alkanes) is 2. The highest BCUT2D eigenvalue weighted by atomic mass is 79.9. The van der Waals surface area contributed by atoms with Gasteiger partial charge in [-0.25, -0.2) is 5.43 Å². The Hall–Kier alpha value is -2.48. The van der Waals surface area contributed by atoms with Crippen LogP contribution in [0.25, 0.3) is 6.08 Å². The lowest BCUT2D eigenvalue weighted by Gasteiger charge is -2.29. The second-order valence-corrected chi connectivity index (χ2v) is 7.46. The van der Waals surface area contributed by atoms with Gasteiger partial charge >= 0.3 is 0 Å². The van der Waals surface area contributed by atoms with Gasteiger partial charge in [0.25, 0.3) is 5.91 Å². The maximum Gasteiger partial charge on any atom is 0.261 e. The lowest BCUT2D eigenvalue weighted by molar-refractivity contribution is -0.118. The quantitative estimate of drug-likeness (QED) is 0.0847. The lowest BCUT2D eigenvalue weighted by atomic mass is 9.97. The first-order valence-electron chi connectivity index (χ1n) is 8.97. The van der Waals surface area contributed by atoms with Crippen LogP contribution in [0.1, 0.15) is 31.2 Å². The number of amides is 1. The number of rotatable bonds is 10. The van der Waals surface area contributed by atoms with Crippen LogP contribution < -0.4 is 16.6 Å². The highest BCUT2D eigenvalue weighted by molar-refractivity contribution is 9.10. The molecule has 0 saturated heterocycles. The minimum absolute atomic E-state index is 0.0395. The van der Waals surface area contributed by atoms with Gasteiger partial charge in [0.2, 0.25) is 0 Å². The Labute approximate surface area is 172 Å². The molecule has 0 spiro atoms. The number of hydrazine groups is 1. The molecule has 0 bridgehead atoms. The molecule has 0 saturated carbocycles. The predicted molar refractivity (Wildman–Crippen MR) is 115 cm³/mol. The Morgan fingerprint density at radius 2 is 1.79 bits per heavy atom. The zero-order chi connectivity index (χ0) is 20.4. The summed E-state index contributed by atoms with van der Waals surface area (Å²) in [6, 6.07) is 16.0. The molecule has 28 heavy (non-hydrogen) atoms. The van der Waals surface area contributed by atoms with Crippen LogP contribution in [0, 0.1) is 0 Å². The SMILES string of the molecule is NNC(Br)(C(=O)Nc1ccccc1O)C(=Cc1ccccc1)CCCCC=O. The highest BCUT2D eigenvalue weighted by Crippen LogP contribution is 2.33. The summed E-state index contributed by atoms with van der Waals surface area (Å²) in [6.07, 6.45) is 5.22. The van der Waals surface area contributed by atoms with E-state index in [9.17, 15) is 14.7 Å². The number of halogens is 1. The van der Waals surface area contributed by atoms with Gasteiger partial charge in [-0.1, -0.05) is 64.5 Å². The van der Waals surface area contributed by atoms with Crippen LogP contribution in [0.3, 0.4) is 0 Å². The molecule has 0 fully saturated rings. The van der Waals surface area contributed by atoms with Crippen LogP contribution in [0.15, 0.2) is 60.2 Å². The van der Waals surface area contributed by atoms with Crippen molar-refractivity contribution in [2.75, 3.05) is 5.32 Å². The van der Waals surface area contributed by atoms with Crippen LogP contribution in [0.5, 0.6) is 5.75 Å². The van der Waals surface area contributed by atoms with E-state index in [-0.39, 0.29) is 11.4 Å². The van der Waals surface area contributed by atoms with Gasteiger partial charge in [-0.15, -0.1) is 0 Å². The van der Waals surface area contributed by atoms with Crippen molar-refractivity contribution in [1.29, 1.82) is 0 Å². The summed E-state index contributed by atoms with van der Waals surface area (Å²) in [7, 11) is 0. The molecule has 0 aromatic heterocycles. The molecule has 2 rings (SSSR count). The van der Waals surface area contributed by atoms with Crippen molar-refractivity contribution < 1.29 is 14.7 Å². The topological polar surface area (TPSA) is 104 Å². The third kappa shape index (κ3) is 5.76. The number of aromatic hydroxyl groups is 1. The summed E-state index contributed by atoms with van der Waals surface area (Å²) < 4.78 is -1.38. The fourth-order valence-electron chi connectivity index (χ4n) is 2.73. The molecule has 0 aliphatic carbocycles. The van der Waals surface area contributed by atoms with E-state index in [4.69, 9.17) is 5.84 Å². The number of carbonyl (C=O) groups excluding carboxylic acids is 2. The van der Waals surface area contributed by atoms with Gasteiger partial charge in [0.15, 0.2) is 4.45 Å². The van der Waals surface area contributed by atoms with Gasteiger partial charge in [0.1, 0.15) is 12.0 Å². The van der Waals surface area contributed by atoms with Crippen molar-refractivity contribution in [1.82, 2.24) is 5.43 Å². The van der Waals surface area contributed by atoms with Gasteiger partial charge in [-0.3, -0.25) is 10.6 Å². The maximum absolute atomic E-state index is 13.0. The first-order valence-corrected chi connectivity index (χ1v) is 9.76. The van der Waals surface area contributed by atoms with Gasteiger partial charge < -0.3 is 15.2 Å². The number of alkyl halides is 1. The van der Waals surface area contributed by atoms with E-state index in [1.54, 1.807) is 18.2 Å². The van der Waals surface area contributed by atoms with Gasteiger partial charge in [-0.2, -0.15) is 0 Å². The lowest BCUT2D eigenvalue weighted by Crippen LogP contribution is -2.54. The van der Waals surface area contributed by atoms with Crippen LogP contribution in [-0.4, -0.2) is 21.7 Å². The zero-order valence-corrected chi connectivity index (χ0v) is 17.0. The molecular formula is C21H24BrN3O3. The average Bonchev–Trinajstić information content (AvgIpc) is 2.72. The molecule has 148 valence electrons. The van der Waals surface area contributed by atoms with Crippen molar-refractivity contribution in [3.8, 4) is 5.75 Å². The first kappa shape index (κ1) is 21.8. The summed E-state index contributed by atoms with van der Waals surface area (Å²) in [5.41, 5.74) is 4.48. The summed E-state index contributed by atoms with van der Waals surface area (Å²) >= 11 is 3.46. The molecule has 2 aromatic carbocycles. The van der Waals surface area contributed by atoms with E-state index < -0.39 is 10.4 Å². The molecule has 1 amide bonds. The molecule has 6 nitrogen and oxygen atoms in total. The average molecular weight is 446 g/mol. The van der Waals surface area contributed by atoms with Gasteiger partial charge in [-0.05, 0) is 42.5 Å². The van der Waals surface area contributed by atoms with Crippen molar-refractivity contribution in [2.45, 2.75) is 30.1 Å². The third-order valence-electron chi connectivity index (χ3n) is 4.27. The molecule has 2 aromatic rings. The zero-order valence-electron chi connectivity index (χ0n) is 15.4. The van der Waals surface area contributed by atoms with E-state index in [1.807, 2.05) is 36.4 Å². The molecule has 7 heteroatoms. The Morgan fingerprint density at radius 3 is 2.43 bits per heavy atom. The number of phenols is 1. The summed E-state index contributed by atoms with van der Waals surface area (Å²) in [5.74, 6) is 5.26. The monoisotopic (exact) mass is 445 g/mol. The summed E-state index contributed by atoms with van der Waals surface area (Å²) in [5, 5.41) is 12.6. The second-order valence-electron chi connectivity index (χ2n) is 6.27. The Bertz CT molecular complexity index is 827. The number of hydrogen-bond acceptors (Lipinski definition) is 5. The first-order chi connectivity index (χ1) is 13.5. The van der Waals surface area contributed by atoms with Crippen LogP contribution >= 0.6 is 15.9 Å². The van der Waals surface area contributed by atoms with Crippen LogP contribution in [-0.2, 0) is 9.59 Å². The van der Waals surface area contributed by atoms with Gasteiger partial charge in [0, 0.05) is 6.42 Å². The molecule has 0 heterocycles. The van der Waals surface area contributed by atoms with Gasteiger partial charge in [0.05, 0.1) is 5.69 Å². The molecule has 0 aliphatic rings. The minimum atomic E-state index is -1.38. The molecule has 5 N–H and O–H groups in total.